The molecule has 4 aromatic rings. The number of aromatic nitrogens is 2. The van der Waals surface area contributed by atoms with Crippen LogP contribution >= 0.6 is 11.6 Å². The van der Waals surface area contributed by atoms with Crippen LogP contribution in [0.2, 0.25) is 5.02 Å². The quantitative estimate of drug-likeness (QED) is 0.414. The zero-order valence-corrected chi connectivity index (χ0v) is 17.9. The fraction of sp³-hybridized carbons (Fsp3) is 0.125. The molecular weight excluding hydrogens is 432 g/mol. The molecule has 0 spiro atoms. The summed E-state index contributed by atoms with van der Waals surface area (Å²) in [5, 5.41) is 0.759. The summed E-state index contributed by atoms with van der Waals surface area (Å²) in [5.74, 6) is 1.30. The molecule has 0 N–H and O–H groups in total. The van der Waals surface area contributed by atoms with Gasteiger partial charge in [0.05, 0.1) is 6.42 Å². The lowest BCUT2D eigenvalue weighted by molar-refractivity contribution is -0.606. The van der Waals surface area contributed by atoms with Crippen LogP contribution in [0.5, 0.6) is 0 Å². The molecule has 3 aromatic carbocycles. The van der Waals surface area contributed by atoms with Gasteiger partial charge in [-0.15, -0.1) is 0 Å². The van der Waals surface area contributed by atoms with E-state index in [-0.39, 0.29) is 17.0 Å². The van der Waals surface area contributed by atoms with Crippen molar-refractivity contribution >= 4 is 11.6 Å². The highest BCUT2D eigenvalue weighted by Gasteiger charge is 2.31. The van der Waals surface area contributed by atoms with E-state index in [0.717, 1.165) is 23.6 Å². The van der Waals surface area contributed by atoms with Gasteiger partial charge in [-0.2, -0.15) is 9.13 Å². The summed E-state index contributed by atoms with van der Waals surface area (Å²) >= 11 is 6.14. The number of halogens is 2. The highest BCUT2D eigenvalue weighted by Crippen LogP contribution is 2.29. The summed E-state index contributed by atoms with van der Waals surface area (Å²) in [6, 6.07) is 25.6. The lowest BCUT2D eigenvalue weighted by atomic mass is 10.0. The maximum absolute atomic E-state index is 6.14. The van der Waals surface area contributed by atoms with E-state index in [4.69, 9.17) is 11.6 Å². The van der Waals surface area contributed by atoms with Gasteiger partial charge in [-0.1, -0.05) is 59.6 Å². The van der Waals surface area contributed by atoms with Crippen LogP contribution < -0.4 is 21.5 Å². The minimum absolute atomic E-state index is 0. The number of nitrogens with zero attached hydrogens (tertiary/aromatic N) is 2. The Morgan fingerprint density at radius 2 is 1.57 bits per heavy atom. The average molecular weight is 452 g/mol. The van der Waals surface area contributed by atoms with Crippen LogP contribution in [0.4, 0.5) is 0 Å². The first-order valence-electron chi connectivity index (χ1n) is 9.28. The van der Waals surface area contributed by atoms with Crippen molar-refractivity contribution in [3.05, 3.63) is 101 Å². The van der Waals surface area contributed by atoms with Gasteiger partial charge >= 0.3 is 0 Å². The van der Waals surface area contributed by atoms with Gasteiger partial charge in [0.15, 0.2) is 5.69 Å². The first-order chi connectivity index (χ1) is 13.2. The van der Waals surface area contributed by atoms with Crippen LogP contribution in [0.3, 0.4) is 0 Å². The molecule has 140 valence electrons. The fourth-order valence-electron chi connectivity index (χ4n) is 3.95. The predicted octanol–water partition coefficient (Wildman–Crippen LogP) is 2.49. The number of hydrogen-bond acceptors (Lipinski definition) is 0. The van der Waals surface area contributed by atoms with E-state index in [1.54, 1.807) is 0 Å². The number of benzene rings is 3. The monoisotopic (exact) mass is 450 g/mol. The van der Waals surface area contributed by atoms with Crippen molar-refractivity contribution < 1.29 is 21.5 Å². The Morgan fingerprint density at radius 3 is 2.32 bits per heavy atom. The second kappa shape index (κ2) is 7.57. The first-order valence-corrected chi connectivity index (χ1v) is 9.66. The van der Waals surface area contributed by atoms with Crippen molar-refractivity contribution in [1.82, 2.24) is 4.57 Å². The van der Waals surface area contributed by atoms with Gasteiger partial charge in [0.25, 0.3) is 5.82 Å². The Kier molecular flexibility index (Phi) is 5.13. The minimum Gasteiger partial charge on any atom is -1.00 e. The number of rotatable bonds is 2. The van der Waals surface area contributed by atoms with Crippen LogP contribution in [0, 0.1) is 6.92 Å². The van der Waals surface area contributed by atoms with Crippen LogP contribution in [0.1, 0.15) is 17.0 Å². The van der Waals surface area contributed by atoms with E-state index in [1.807, 2.05) is 12.1 Å². The third-order valence-electron chi connectivity index (χ3n) is 5.33. The van der Waals surface area contributed by atoms with Crippen LogP contribution in [-0.2, 0) is 12.8 Å². The molecule has 1 aromatic heterocycles. The SMILES string of the molecule is Cc1ccc(-c2c[n+]3c(n2-c2ccc(Cl)cc2)CCc2ccccc2-3)cc1.[Br-]. The van der Waals surface area contributed by atoms with Crippen molar-refractivity contribution in [3.63, 3.8) is 0 Å². The molecule has 0 fully saturated rings. The van der Waals surface area contributed by atoms with Gasteiger partial charge in [0.1, 0.15) is 17.6 Å². The molecule has 2 nitrogen and oxygen atoms in total. The molecule has 0 bridgehead atoms. The van der Waals surface area contributed by atoms with Gasteiger partial charge in [0, 0.05) is 10.6 Å². The van der Waals surface area contributed by atoms with Crippen molar-refractivity contribution in [2.75, 3.05) is 0 Å². The third kappa shape index (κ3) is 3.19. The molecule has 0 aliphatic carbocycles. The first kappa shape index (κ1) is 19.0. The Bertz CT molecular complexity index is 1130. The molecule has 0 saturated carbocycles. The highest BCUT2D eigenvalue weighted by atomic mass is 79.9. The Balaban J connectivity index is 0.00000192. The summed E-state index contributed by atoms with van der Waals surface area (Å²) in [6.07, 6.45) is 4.33. The Morgan fingerprint density at radius 1 is 0.857 bits per heavy atom. The summed E-state index contributed by atoms with van der Waals surface area (Å²) in [5.41, 5.74) is 7.51. The zero-order valence-electron chi connectivity index (χ0n) is 15.6. The van der Waals surface area contributed by atoms with Gasteiger partial charge in [-0.3, -0.25) is 0 Å². The molecule has 4 heteroatoms. The van der Waals surface area contributed by atoms with Crippen molar-refractivity contribution in [2.24, 2.45) is 0 Å². The van der Waals surface area contributed by atoms with E-state index in [0.29, 0.717) is 0 Å². The van der Waals surface area contributed by atoms with Crippen molar-refractivity contribution in [3.8, 4) is 22.6 Å². The second-order valence-electron chi connectivity index (χ2n) is 7.11. The van der Waals surface area contributed by atoms with Crippen molar-refractivity contribution in [2.45, 2.75) is 19.8 Å². The van der Waals surface area contributed by atoms with Crippen LogP contribution in [0.15, 0.2) is 79.0 Å². The normalized spacial score (nSPS) is 12.1. The fourth-order valence-corrected chi connectivity index (χ4v) is 4.08. The smallest absolute Gasteiger partial charge is 0.267 e. The van der Waals surface area contributed by atoms with Gasteiger partial charge in [-0.25, -0.2) is 0 Å². The number of imidazole rings is 1. The van der Waals surface area contributed by atoms with E-state index >= 15 is 0 Å². The largest absolute Gasteiger partial charge is 1.00 e. The number of hydrogen-bond donors (Lipinski definition) is 0. The molecule has 28 heavy (non-hydrogen) atoms. The summed E-state index contributed by atoms with van der Waals surface area (Å²) in [6.45, 7) is 2.12. The molecule has 0 atom stereocenters. The van der Waals surface area contributed by atoms with Gasteiger partial charge in [-0.05, 0) is 49.2 Å². The van der Waals surface area contributed by atoms with E-state index in [1.165, 1.54) is 33.9 Å². The molecule has 1 aliphatic heterocycles. The number of para-hydroxylation sites is 1. The molecular formula is C24H20BrClN2. The van der Waals surface area contributed by atoms with Crippen molar-refractivity contribution in [1.29, 1.82) is 0 Å². The third-order valence-corrected chi connectivity index (χ3v) is 5.58. The van der Waals surface area contributed by atoms with E-state index in [9.17, 15) is 0 Å². The summed E-state index contributed by atoms with van der Waals surface area (Å²) in [7, 11) is 0. The van der Waals surface area contributed by atoms with Gasteiger partial charge < -0.3 is 17.0 Å². The minimum atomic E-state index is 0. The standard InChI is InChI=1S/C24H20ClN2.BrH/c1-17-6-8-19(9-7-17)23-16-26-22-5-3-2-4-18(22)10-15-24(26)27(23)21-13-11-20(25)12-14-21;/h2-9,11-14,16H,10,15H2,1H3;1H/q+1;/p-1. The van der Waals surface area contributed by atoms with Crippen LogP contribution in [0.25, 0.3) is 22.6 Å². The Labute approximate surface area is 180 Å². The number of fused-ring (bicyclic) bond motifs is 3. The Hall–Kier alpha value is -2.36. The lowest BCUT2D eigenvalue weighted by Gasteiger charge is -2.14. The molecule has 0 radical (unpaired) electrons. The molecule has 2 heterocycles. The zero-order chi connectivity index (χ0) is 18.4. The second-order valence-corrected chi connectivity index (χ2v) is 7.54. The number of aryl methyl sites for hydroxylation is 2. The van der Waals surface area contributed by atoms with E-state index < -0.39 is 0 Å². The maximum Gasteiger partial charge on any atom is 0.267 e. The van der Waals surface area contributed by atoms with E-state index in [2.05, 4.69) is 82.9 Å². The summed E-state index contributed by atoms with van der Waals surface area (Å²) in [4.78, 5) is 0. The van der Waals surface area contributed by atoms with Gasteiger partial charge in [0.2, 0.25) is 0 Å². The molecule has 5 rings (SSSR count). The predicted molar refractivity (Wildman–Crippen MR) is 110 cm³/mol. The molecule has 1 aliphatic rings. The van der Waals surface area contributed by atoms with Crippen LogP contribution in [-0.4, -0.2) is 4.57 Å². The topological polar surface area (TPSA) is 8.81 Å². The lowest BCUT2D eigenvalue weighted by Crippen LogP contribution is -3.00. The molecule has 0 unspecified atom stereocenters. The summed E-state index contributed by atoms with van der Waals surface area (Å²) < 4.78 is 4.72. The maximum atomic E-state index is 6.14. The molecule has 0 amide bonds. The highest BCUT2D eigenvalue weighted by molar-refractivity contribution is 6.30. The average Bonchev–Trinajstić information content (AvgIpc) is 3.09. The molecule has 0 saturated heterocycles.